The van der Waals surface area contributed by atoms with Crippen LogP contribution in [0.4, 0.5) is 0 Å². The molecule has 0 spiro atoms. The Morgan fingerprint density at radius 3 is 2.53 bits per heavy atom. The van der Waals surface area contributed by atoms with E-state index in [4.69, 9.17) is 4.74 Å². The Balaban J connectivity index is 2.69. The number of hydrogen-bond acceptors (Lipinski definition) is 3. The first-order valence-corrected chi connectivity index (χ1v) is 5.88. The molecule has 1 heterocycles. The molecule has 0 radical (unpaired) electrons. The van der Waals surface area contributed by atoms with Crippen LogP contribution in [0.25, 0.3) is 10.9 Å². The lowest BCUT2D eigenvalue weighted by Crippen LogP contribution is -2.30. The largest absolute Gasteiger partial charge is 0.496 e. The highest BCUT2D eigenvalue weighted by atomic mass is 16.5. The van der Waals surface area contributed by atoms with E-state index in [9.17, 15) is 9.59 Å². The molecule has 0 saturated carbocycles. The first kappa shape index (κ1) is 13.1. The molecule has 0 fully saturated rings. The number of fused-ring (bicyclic) bond motifs is 1. The van der Waals surface area contributed by atoms with Gasteiger partial charge in [0.2, 0.25) is 0 Å². The van der Waals surface area contributed by atoms with Crippen molar-refractivity contribution in [2.45, 2.75) is 6.92 Å². The molecule has 0 aliphatic carbocycles. The molecule has 1 N–H and O–H groups in total. The Morgan fingerprint density at radius 1 is 1.26 bits per heavy atom. The zero-order valence-corrected chi connectivity index (χ0v) is 11.4. The van der Waals surface area contributed by atoms with Gasteiger partial charge in [0.1, 0.15) is 5.75 Å². The predicted octanol–water partition coefficient (Wildman–Crippen LogP) is 1.76. The summed E-state index contributed by atoms with van der Waals surface area (Å²) >= 11 is 0. The lowest BCUT2D eigenvalue weighted by molar-refractivity contribution is -0.124. The summed E-state index contributed by atoms with van der Waals surface area (Å²) in [6.45, 7) is 1.77. The van der Waals surface area contributed by atoms with E-state index >= 15 is 0 Å². The van der Waals surface area contributed by atoms with Crippen molar-refractivity contribution in [3.63, 3.8) is 0 Å². The van der Waals surface area contributed by atoms with Gasteiger partial charge in [0.25, 0.3) is 11.7 Å². The third kappa shape index (κ3) is 2.07. The fraction of sp³-hybridized carbons (Fsp3) is 0.286. The standard InChI is InChI=1S/C14H16N2O3/c1-8-11(13(17)14(18)16(2)3)12-9(15-8)6-5-7-10(12)19-4/h5-7,15H,1-4H3. The number of rotatable bonds is 3. The van der Waals surface area contributed by atoms with E-state index < -0.39 is 11.7 Å². The summed E-state index contributed by atoms with van der Waals surface area (Å²) in [6, 6.07) is 5.45. The number of aromatic nitrogens is 1. The van der Waals surface area contributed by atoms with Crippen molar-refractivity contribution in [3.8, 4) is 5.75 Å². The van der Waals surface area contributed by atoms with E-state index in [0.717, 1.165) is 5.52 Å². The molecule has 2 rings (SSSR count). The fourth-order valence-corrected chi connectivity index (χ4v) is 2.11. The van der Waals surface area contributed by atoms with Crippen LogP contribution in [0.2, 0.25) is 0 Å². The van der Waals surface area contributed by atoms with Crippen LogP contribution in [0.3, 0.4) is 0 Å². The number of carbonyl (C=O) groups excluding carboxylic acids is 2. The van der Waals surface area contributed by atoms with Crippen LogP contribution in [0.1, 0.15) is 16.1 Å². The maximum absolute atomic E-state index is 12.3. The highest BCUT2D eigenvalue weighted by Gasteiger charge is 2.25. The quantitative estimate of drug-likeness (QED) is 0.675. The molecule has 1 aromatic heterocycles. The summed E-state index contributed by atoms with van der Waals surface area (Å²) in [4.78, 5) is 28.5. The van der Waals surface area contributed by atoms with Gasteiger partial charge in [-0.05, 0) is 19.1 Å². The second-order valence-electron chi connectivity index (χ2n) is 4.54. The normalized spacial score (nSPS) is 10.5. The number of aryl methyl sites for hydroxylation is 1. The second-order valence-corrected chi connectivity index (χ2v) is 4.54. The molecule has 5 heteroatoms. The zero-order chi connectivity index (χ0) is 14.2. The summed E-state index contributed by atoms with van der Waals surface area (Å²) in [5.41, 5.74) is 1.83. The number of aromatic amines is 1. The molecule has 2 aromatic rings. The molecule has 0 aliphatic rings. The molecule has 100 valence electrons. The molecule has 5 nitrogen and oxygen atoms in total. The van der Waals surface area contributed by atoms with Gasteiger partial charge in [-0.25, -0.2) is 0 Å². The van der Waals surface area contributed by atoms with Crippen LogP contribution in [-0.4, -0.2) is 42.8 Å². The average Bonchev–Trinajstić information content (AvgIpc) is 2.72. The molecular weight excluding hydrogens is 244 g/mol. The highest BCUT2D eigenvalue weighted by molar-refractivity contribution is 6.45. The van der Waals surface area contributed by atoms with Crippen molar-refractivity contribution in [1.29, 1.82) is 0 Å². The SMILES string of the molecule is COc1cccc2[nH]c(C)c(C(=O)C(=O)N(C)C)c12. The number of likely N-dealkylation sites (N-methyl/N-ethyl adjacent to an activating group) is 1. The van der Waals surface area contributed by atoms with Crippen LogP contribution < -0.4 is 4.74 Å². The monoisotopic (exact) mass is 260 g/mol. The summed E-state index contributed by atoms with van der Waals surface area (Å²) in [6.07, 6.45) is 0. The van der Waals surface area contributed by atoms with Gasteiger partial charge >= 0.3 is 0 Å². The third-order valence-corrected chi connectivity index (χ3v) is 3.02. The molecule has 0 aliphatic heterocycles. The van der Waals surface area contributed by atoms with E-state index in [-0.39, 0.29) is 0 Å². The Hall–Kier alpha value is -2.30. The summed E-state index contributed by atoms with van der Waals surface area (Å²) < 4.78 is 5.27. The Labute approximate surface area is 111 Å². The van der Waals surface area contributed by atoms with E-state index in [1.165, 1.54) is 4.90 Å². The van der Waals surface area contributed by atoms with Crippen LogP contribution >= 0.6 is 0 Å². The number of benzene rings is 1. The number of nitrogens with zero attached hydrogens (tertiary/aromatic N) is 1. The summed E-state index contributed by atoms with van der Waals surface area (Å²) in [5.74, 6) is -0.495. The van der Waals surface area contributed by atoms with Crippen molar-refractivity contribution in [2.24, 2.45) is 0 Å². The number of Topliss-reactive ketones (excluding diaryl/α,β-unsaturated/α-hetero) is 1. The lowest BCUT2D eigenvalue weighted by atomic mass is 10.1. The minimum absolute atomic E-state index is 0.381. The number of amides is 1. The lowest BCUT2D eigenvalue weighted by Gasteiger charge is -2.09. The smallest absolute Gasteiger partial charge is 0.294 e. The maximum Gasteiger partial charge on any atom is 0.294 e. The molecule has 1 aromatic carbocycles. The Bertz CT molecular complexity index is 656. The molecule has 0 unspecified atom stereocenters. The molecule has 0 bridgehead atoms. The Kier molecular flexibility index (Phi) is 3.29. The fourth-order valence-electron chi connectivity index (χ4n) is 2.11. The van der Waals surface area contributed by atoms with Crippen molar-refractivity contribution < 1.29 is 14.3 Å². The van der Waals surface area contributed by atoms with Gasteiger partial charge in [0.15, 0.2) is 0 Å². The number of methoxy groups -OCH3 is 1. The maximum atomic E-state index is 12.3. The van der Waals surface area contributed by atoms with Gasteiger partial charge in [-0.1, -0.05) is 6.07 Å². The van der Waals surface area contributed by atoms with E-state index in [1.54, 1.807) is 34.2 Å². The van der Waals surface area contributed by atoms with Crippen LogP contribution in [0.15, 0.2) is 18.2 Å². The summed E-state index contributed by atoms with van der Waals surface area (Å²) in [7, 11) is 4.66. The number of ether oxygens (including phenoxy) is 1. The molecule has 0 saturated heterocycles. The van der Waals surface area contributed by atoms with Crippen molar-refractivity contribution >= 4 is 22.6 Å². The Morgan fingerprint density at radius 2 is 1.95 bits per heavy atom. The molecule has 19 heavy (non-hydrogen) atoms. The van der Waals surface area contributed by atoms with Crippen molar-refractivity contribution in [1.82, 2.24) is 9.88 Å². The highest BCUT2D eigenvalue weighted by Crippen LogP contribution is 2.31. The van der Waals surface area contributed by atoms with Gasteiger partial charge in [-0.15, -0.1) is 0 Å². The minimum atomic E-state index is -0.546. The second kappa shape index (κ2) is 4.76. The van der Waals surface area contributed by atoms with Crippen LogP contribution in [-0.2, 0) is 4.79 Å². The van der Waals surface area contributed by atoms with Crippen LogP contribution in [0, 0.1) is 6.92 Å². The average molecular weight is 260 g/mol. The topological polar surface area (TPSA) is 62.4 Å². The van der Waals surface area contributed by atoms with Gasteiger partial charge in [0, 0.05) is 19.8 Å². The molecular formula is C14H16N2O3. The zero-order valence-electron chi connectivity index (χ0n) is 11.4. The number of nitrogens with one attached hydrogen (secondary N) is 1. The molecule has 1 amide bonds. The first-order chi connectivity index (χ1) is 8.97. The number of hydrogen-bond donors (Lipinski definition) is 1. The predicted molar refractivity (Wildman–Crippen MR) is 72.6 cm³/mol. The first-order valence-electron chi connectivity index (χ1n) is 5.88. The van der Waals surface area contributed by atoms with Crippen LogP contribution in [0.5, 0.6) is 5.75 Å². The number of carbonyl (C=O) groups is 2. The van der Waals surface area contributed by atoms with E-state index in [2.05, 4.69) is 4.98 Å². The van der Waals surface area contributed by atoms with Crippen molar-refractivity contribution in [3.05, 3.63) is 29.5 Å². The number of H-pyrrole nitrogens is 1. The van der Waals surface area contributed by atoms with Gasteiger partial charge in [-0.2, -0.15) is 0 Å². The van der Waals surface area contributed by atoms with Gasteiger partial charge in [0.05, 0.1) is 23.6 Å². The summed E-state index contributed by atoms with van der Waals surface area (Å²) in [5, 5.41) is 0.655. The number of ketones is 1. The minimum Gasteiger partial charge on any atom is -0.496 e. The van der Waals surface area contributed by atoms with Crippen molar-refractivity contribution in [2.75, 3.05) is 21.2 Å². The third-order valence-electron chi connectivity index (χ3n) is 3.02. The van der Waals surface area contributed by atoms with E-state index in [1.807, 2.05) is 12.1 Å². The van der Waals surface area contributed by atoms with E-state index in [0.29, 0.717) is 22.4 Å². The van der Waals surface area contributed by atoms with Gasteiger partial charge < -0.3 is 14.6 Å². The molecule has 0 atom stereocenters. The van der Waals surface area contributed by atoms with Gasteiger partial charge in [-0.3, -0.25) is 9.59 Å².